The summed E-state index contributed by atoms with van der Waals surface area (Å²) < 4.78 is 24.5. The van der Waals surface area contributed by atoms with Gasteiger partial charge in [0.25, 0.3) is 0 Å². The Morgan fingerprint density at radius 3 is 1.85 bits per heavy atom. The van der Waals surface area contributed by atoms with E-state index in [-0.39, 0.29) is 43.7 Å². The molecule has 7 rings (SSSR count). The number of para-hydroxylation sites is 4. The molecule has 0 saturated carbocycles. The number of aryl methyl sites for hydroxylation is 1. The molecule has 0 saturated heterocycles. The van der Waals surface area contributed by atoms with Gasteiger partial charge in [-0.25, -0.2) is 0 Å². The van der Waals surface area contributed by atoms with Crippen molar-refractivity contribution in [1.82, 2.24) is 0 Å². The number of rotatable bonds is 2. The average molecular weight is 901 g/mol. The van der Waals surface area contributed by atoms with Crippen LogP contribution in [0.2, 0.25) is 0 Å². The average Bonchev–Trinajstić information content (AvgIpc) is 3.81. The van der Waals surface area contributed by atoms with E-state index in [2.05, 4.69) is 65.5 Å². The predicted molar refractivity (Wildman–Crippen MR) is 236 cm³/mol. The summed E-state index contributed by atoms with van der Waals surface area (Å²) in [5.74, 6) is 2.28. The zero-order valence-electron chi connectivity index (χ0n) is 32.3. The van der Waals surface area contributed by atoms with Crippen LogP contribution in [0.15, 0.2) is 128 Å². The Labute approximate surface area is 394 Å². The quantitative estimate of drug-likeness (QED) is 0.0230. The van der Waals surface area contributed by atoms with Crippen LogP contribution in [0.1, 0.15) is 38.6 Å². The minimum absolute atomic E-state index is 0. The molecule has 14 nitrogen and oxygen atoms in total. The topological polar surface area (TPSA) is 263 Å². The van der Waals surface area contributed by atoms with Gasteiger partial charge in [0.1, 0.15) is 64.1 Å². The molecule has 1 aliphatic heterocycles. The molecule has 20 heteroatoms. The summed E-state index contributed by atoms with van der Waals surface area (Å²) in [5, 5.41) is 45.1. The molecule has 0 bridgehead atoms. The van der Waals surface area contributed by atoms with Crippen LogP contribution in [0.4, 0.5) is 0 Å². The zero-order chi connectivity index (χ0) is 43.7. The monoisotopic (exact) mass is 900 g/mol. The molecule has 4 aromatic carbocycles. The number of carbonyl (C=O) groups is 1. The molecule has 0 spiro atoms. The minimum atomic E-state index is 0. The summed E-state index contributed by atoms with van der Waals surface area (Å²) >= 11 is 8.14. The fraction of sp³-hybridized carbons (Fsp3) is 0.0750. The van der Waals surface area contributed by atoms with Crippen LogP contribution in [0.3, 0.4) is 0 Å². The molecule has 0 unspecified atom stereocenters. The number of hydrogen-bond donors (Lipinski definition) is 3. The van der Waals surface area contributed by atoms with E-state index in [4.69, 9.17) is 55.1 Å². The summed E-state index contributed by atoms with van der Waals surface area (Å²) in [6.07, 6.45) is 3.66. The van der Waals surface area contributed by atoms with Crippen molar-refractivity contribution in [2.45, 2.75) is 12.3 Å². The molecule has 0 aliphatic carbocycles. The molecule has 2 N–H and O–H groups in total. The third-order valence-corrected chi connectivity index (χ3v) is 7.22. The smallest absolute Gasteiger partial charge is 1.00 e. The van der Waals surface area contributed by atoms with Crippen molar-refractivity contribution in [1.29, 1.82) is 25.4 Å². The van der Waals surface area contributed by atoms with Crippen LogP contribution < -0.4 is 34.3 Å². The number of phenolic OH excluding ortho intramolecular Hbond substituents is 1. The van der Waals surface area contributed by atoms with Crippen molar-refractivity contribution in [3.8, 4) is 35.8 Å². The summed E-state index contributed by atoms with van der Waals surface area (Å²) in [6, 6.07) is 37.2. The molecule has 5 radical (unpaired) electrons. The second-order valence-electron chi connectivity index (χ2n) is 10.1. The molecule has 2 aromatic heterocycles. The van der Waals surface area contributed by atoms with Crippen LogP contribution in [0, 0.1) is 56.6 Å². The van der Waals surface area contributed by atoms with E-state index < -0.39 is 0 Å². The number of nitriles is 4. The first-order chi connectivity index (χ1) is 28.2. The van der Waals surface area contributed by atoms with E-state index in [1.54, 1.807) is 47.3 Å². The summed E-state index contributed by atoms with van der Waals surface area (Å²) in [6.45, 7) is 5.32. The Hall–Kier alpha value is -5.93. The number of nitrogens with one attached hydrogen (secondary N) is 1. The molecule has 0 fully saturated rings. The van der Waals surface area contributed by atoms with Gasteiger partial charge in [-0.2, -0.15) is 21.0 Å². The van der Waals surface area contributed by atoms with Crippen molar-refractivity contribution >= 4 is 95.2 Å². The SMILES string of the molecule is C=CC#N.Cc1oc2ccccc2c1C#N.N#CC1=Cc2ccccc2OC1.N#Cc1c(CBr)oc2ccccc12.O=Cc1ccccc1O.[B].[B]=NS.[N-]=[N+]=[N-].[NH]=[Al].[Na+]. The number of thiol groups is 1. The first-order valence-corrected chi connectivity index (χ1v) is 18.0. The maximum Gasteiger partial charge on any atom is 1.00 e. The maximum atomic E-state index is 10.1. The van der Waals surface area contributed by atoms with E-state index in [1.807, 2.05) is 78.9 Å². The van der Waals surface area contributed by atoms with Gasteiger partial charge in [-0.1, -0.05) is 77.1 Å². The van der Waals surface area contributed by atoms with Crippen molar-refractivity contribution in [2.75, 3.05) is 6.61 Å². The third-order valence-electron chi connectivity index (χ3n) is 6.72. The second-order valence-corrected chi connectivity index (χ2v) is 10.9. The van der Waals surface area contributed by atoms with E-state index >= 15 is 0 Å². The number of fused-ring (bicyclic) bond motifs is 3. The number of alkyl halides is 1. The van der Waals surface area contributed by atoms with Gasteiger partial charge in [0.05, 0.1) is 28.6 Å². The summed E-state index contributed by atoms with van der Waals surface area (Å²) in [4.78, 5) is 11.6. The number of nitrogens with zero attached hydrogens (tertiary/aromatic N) is 8. The van der Waals surface area contributed by atoms with E-state index in [0.29, 0.717) is 52.0 Å². The number of phenols is 1. The Bertz CT molecular complexity index is 2510. The number of hydrogen-bond acceptors (Lipinski definition) is 12. The van der Waals surface area contributed by atoms with Crippen molar-refractivity contribution in [3.63, 3.8) is 0 Å². The number of halogens is 1. The number of ether oxygens (including phenoxy) is 1. The second kappa shape index (κ2) is 36.2. The van der Waals surface area contributed by atoms with E-state index in [0.717, 1.165) is 33.3 Å². The number of furan rings is 2. The minimum Gasteiger partial charge on any atom is 1.00 e. The number of carbonyl (C=O) groups excluding carboxylic acids is 1. The van der Waals surface area contributed by atoms with Crippen LogP contribution in [0.5, 0.6) is 11.5 Å². The third kappa shape index (κ3) is 20.2. The van der Waals surface area contributed by atoms with Gasteiger partial charge < -0.3 is 29.7 Å². The van der Waals surface area contributed by atoms with Gasteiger partial charge >= 0.3 is 74.8 Å². The first-order valence-electron chi connectivity index (χ1n) is 15.9. The van der Waals surface area contributed by atoms with Gasteiger partial charge in [0.2, 0.25) is 0 Å². The Balaban J connectivity index is -0.000000659. The number of benzene rings is 4. The van der Waals surface area contributed by atoms with Crippen molar-refractivity contribution in [2.24, 2.45) is 4.30 Å². The van der Waals surface area contributed by atoms with Gasteiger partial charge in [-0.3, -0.25) is 9.71 Å². The largest absolute Gasteiger partial charge is 1.00 e. The molecule has 0 amide bonds. The van der Waals surface area contributed by atoms with Crippen LogP contribution >= 0.6 is 28.7 Å². The molecule has 0 atom stereocenters. The van der Waals surface area contributed by atoms with E-state index in [9.17, 15) is 4.79 Å². The molecule has 1 aliphatic rings. The normalized spacial score (nSPS) is 8.92. The van der Waals surface area contributed by atoms with Crippen LogP contribution in [-0.4, -0.2) is 50.1 Å². The van der Waals surface area contributed by atoms with Crippen molar-refractivity contribution in [3.05, 3.63) is 165 Å². The fourth-order valence-electron chi connectivity index (χ4n) is 4.39. The summed E-state index contributed by atoms with van der Waals surface area (Å²) in [5.41, 5.74) is 18.3. The molecular weight excluding hydrogens is 870 g/mol. The van der Waals surface area contributed by atoms with Crippen LogP contribution in [0.25, 0.3) is 44.0 Å². The fourth-order valence-corrected chi connectivity index (χ4v) is 4.78. The molecule has 60 heavy (non-hydrogen) atoms. The predicted octanol–water partition coefficient (Wildman–Crippen LogP) is 7.29. The number of aldehydes is 1. The standard InChI is InChI=1S/C10H6BrNO.2C10H7NO.C7H6O2.C3H3N.Al.BHNS.B.N3.HN.Na/c11-5-10-8(6-12)7-3-1-2-4-9(7)13-10;1-7-9(6-11)8-4-2-3-5-10(8)12-7;11-6-8-5-9-3-1-2-4-10(9)12-7-8;8-5-6-3-1-2-4-7(6)9;1-2-3-4;;1-2-3;;1-3-2;;/h1-4H,5H2;2-5H,1H3;1-5H,7H2;1-5,9H;2H,1H2;;3H;;;1H;/q;;;;;;;;-1;;+1. The van der Waals surface area contributed by atoms with Crippen molar-refractivity contribution < 1.29 is 53.0 Å². The molecule has 289 valence electrons. The number of allylic oxidation sites excluding steroid dienone is 1. The van der Waals surface area contributed by atoms with Gasteiger partial charge in [-0.15, -0.1) is 0 Å². The maximum absolute atomic E-state index is 10.1. The van der Waals surface area contributed by atoms with Crippen LogP contribution in [-0.2, 0) is 5.33 Å². The zero-order valence-corrected chi connectivity index (χ0v) is 37.9. The number of aromatic hydroxyl groups is 1. The molecular formula is C40H31AlB2BrN9NaO5S. The first kappa shape index (κ1) is 58.4. The molecule has 6 aromatic rings. The van der Waals surface area contributed by atoms with Gasteiger partial charge in [-0.05, 0) is 55.5 Å². The molecule has 3 heterocycles. The van der Waals surface area contributed by atoms with Gasteiger partial charge in [0.15, 0.2) is 6.29 Å². The Morgan fingerprint density at radius 1 is 0.917 bits per heavy atom. The van der Waals surface area contributed by atoms with Gasteiger partial charge in [0, 0.05) is 30.8 Å². The Kier molecular flexibility index (Phi) is 35.2. The van der Waals surface area contributed by atoms with E-state index in [1.165, 1.54) is 17.1 Å². The Morgan fingerprint density at radius 2 is 1.38 bits per heavy atom. The summed E-state index contributed by atoms with van der Waals surface area (Å²) in [7, 11) is 4.34.